The van der Waals surface area contributed by atoms with E-state index in [2.05, 4.69) is 4.98 Å². The maximum atomic E-state index is 13.4. The van der Waals surface area contributed by atoms with Crippen LogP contribution in [0.5, 0.6) is 11.5 Å². The van der Waals surface area contributed by atoms with Crippen LogP contribution in [0.2, 0.25) is 5.02 Å². The maximum absolute atomic E-state index is 13.4. The lowest BCUT2D eigenvalue weighted by molar-refractivity contribution is -0.124. The first-order valence-corrected chi connectivity index (χ1v) is 11.6. The fourth-order valence-corrected chi connectivity index (χ4v) is 5.04. The molecule has 1 aliphatic carbocycles. The number of thioether (sulfide) groups is 1. The summed E-state index contributed by atoms with van der Waals surface area (Å²) in [5.41, 5.74) is 1.38. The van der Waals surface area contributed by atoms with E-state index in [1.165, 1.54) is 18.2 Å². The van der Waals surface area contributed by atoms with Crippen LogP contribution in [0.3, 0.4) is 0 Å². The van der Waals surface area contributed by atoms with Gasteiger partial charge in [0.05, 0.1) is 22.2 Å². The molecule has 0 atom stereocenters. The lowest BCUT2D eigenvalue weighted by atomic mass is 9.94. The molecule has 0 unspecified atom stereocenters. The van der Waals surface area contributed by atoms with Crippen LogP contribution in [-0.4, -0.2) is 38.7 Å². The number of nitrogens with zero attached hydrogens (tertiary/aromatic N) is 3. The van der Waals surface area contributed by atoms with Gasteiger partial charge in [0, 0.05) is 18.4 Å². The number of carbonyl (C=O) groups excluding carboxylic acids is 1. The van der Waals surface area contributed by atoms with Crippen LogP contribution in [0.25, 0.3) is 6.08 Å². The number of pyridine rings is 1. The zero-order valence-corrected chi connectivity index (χ0v) is 18.8. The largest absolute Gasteiger partial charge is 0.504 e. The Kier molecular flexibility index (Phi) is 6.83. The topological polar surface area (TPSA) is 75.0 Å². The van der Waals surface area contributed by atoms with Crippen molar-refractivity contribution in [1.29, 1.82) is 0 Å². The monoisotopic (exact) mass is 457 g/mol. The van der Waals surface area contributed by atoms with Crippen LogP contribution in [0.15, 0.2) is 46.6 Å². The van der Waals surface area contributed by atoms with Gasteiger partial charge in [0.25, 0.3) is 5.91 Å². The highest BCUT2D eigenvalue weighted by Gasteiger charge is 2.38. The second-order valence-corrected chi connectivity index (χ2v) is 8.88. The van der Waals surface area contributed by atoms with Gasteiger partial charge in [-0.15, -0.1) is 0 Å². The minimum atomic E-state index is -0.0492. The van der Waals surface area contributed by atoms with Crippen molar-refractivity contribution < 1.29 is 14.6 Å². The molecule has 1 saturated heterocycles. The number of benzene rings is 1. The van der Waals surface area contributed by atoms with Gasteiger partial charge >= 0.3 is 0 Å². The first-order valence-electron chi connectivity index (χ1n) is 10.4. The van der Waals surface area contributed by atoms with Crippen molar-refractivity contribution >= 4 is 46.2 Å². The Labute approximate surface area is 191 Å². The van der Waals surface area contributed by atoms with Gasteiger partial charge in [0.15, 0.2) is 16.7 Å². The fraction of sp³-hybridized carbons (Fsp3) is 0.348. The van der Waals surface area contributed by atoms with Crippen molar-refractivity contribution in [1.82, 2.24) is 9.88 Å². The highest BCUT2D eigenvalue weighted by Crippen LogP contribution is 2.40. The summed E-state index contributed by atoms with van der Waals surface area (Å²) in [4.78, 5) is 24.6. The zero-order valence-electron chi connectivity index (χ0n) is 17.3. The summed E-state index contributed by atoms with van der Waals surface area (Å²) in [5, 5.41) is 11.0. The van der Waals surface area contributed by atoms with Crippen molar-refractivity contribution in [3.05, 3.63) is 52.2 Å². The zero-order chi connectivity index (χ0) is 21.8. The number of aromatic hydroxyl groups is 1. The van der Waals surface area contributed by atoms with Crippen LogP contribution >= 0.6 is 23.4 Å². The van der Waals surface area contributed by atoms with Crippen molar-refractivity contribution in [2.45, 2.75) is 45.1 Å². The molecular weight excluding hydrogens is 434 g/mol. The van der Waals surface area contributed by atoms with Crippen molar-refractivity contribution in [3.8, 4) is 11.5 Å². The van der Waals surface area contributed by atoms with Crippen molar-refractivity contribution in [3.63, 3.8) is 0 Å². The summed E-state index contributed by atoms with van der Waals surface area (Å²) < 4.78 is 5.47. The number of aromatic nitrogens is 1. The summed E-state index contributed by atoms with van der Waals surface area (Å²) in [7, 11) is 0. The molecule has 1 aromatic carbocycles. The molecule has 2 fully saturated rings. The third kappa shape index (κ3) is 4.88. The number of rotatable bonds is 5. The minimum absolute atomic E-state index is 0.0492. The van der Waals surface area contributed by atoms with Gasteiger partial charge in [-0.2, -0.15) is 0 Å². The molecule has 0 spiro atoms. The SMILES string of the molecule is CCOc1cc(/C=C2\SC(=Nc3ccncc3Cl)N(C3CCCCC3)C2=O)ccc1O. The van der Waals surface area contributed by atoms with E-state index in [9.17, 15) is 9.90 Å². The van der Waals surface area contributed by atoms with E-state index in [-0.39, 0.29) is 17.7 Å². The number of halogens is 1. The molecule has 8 heteroatoms. The van der Waals surface area contributed by atoms with E-state index in [1.807, 2.05) is 17.9 Å². The third-order valence-electron chi connectivity index (χ3n) is 5.33. The number of aliphatic imine (C=N–C) groups is 1. The lowest BCUT2D eigenvalue weighted by Crippen LogP contribution is -2.40. The first-order chi connectivity index (χ1) is 15.1. The molecule has 2 aliphatic rings. The van der Waals surface area contributed by atoms with Gasteiger partial charge in [-0.3, -0.25) is 14.7 Å². The number of phenols is 1. The molecule has 2 heterocycles. The molecule has 4 rings (SSSR count). The Bertz CT molecular complexity index is 1030. The molecule has 1 aliphatic heterocycles. The Morgan fingerprint density at radius 1 is 1.32 bits per heavy atom. The van der Waals surface area contributed by atoms with E-state index in [1.54, 1.807) is 36.7 Å². The Hall–Kier alpha value is -2.51. The van der Waals surface area contributed by atoms with Gasteiger partial charge in [-0.05, 0) is 61.4 Å². The summed E-state index contributed by atoms with van der Waals surface area (Å²) in [6.45, 7) is 2.30. The molecule has 1 aromatic heterocycles. The number of hydrogen-bond donors (Lipinski definition) is 1. The van der Waals surface area contributed by atoms with Crippen molar-refractivity contribution in [2.24, 2.45) is 4.99 Å². The molecule has 1 saturated carbocycles. The van der Waals surface area contributed by atoms with Crippen LogP contribution in [0.4, 0.5) is 5.69 Å². The standard InChI is InChI=1S/C23H24ClN3O3S/c1-2-30-20-12-15(8-9-19(20)28)13-21-22(29)27(16-6-4-3-5-7-16)23(31-21)26-18-10-11-25-14-17(18)24/h8-14,16,28H,2-7H2,1H3/b21-13-,26-23?. The second kappa shape index (κ2) is 9.75. The normalized spacial score (nSPS) is 20.1. The third-order valence-corrected chi connectivity index (χ3v) is 6.60. The Balaban J connectivity index is 1.70. The highest BCUT2D eigenvalue weighted by molar-refractivity contribution is 8.18. The molecule has 1 amide bonds. The lowest BCUT2D eigenvalue weighted by Gasteiger charge is -2.30. The Morgan fingerprint density at radius 3 is 2.87 bits per heavy atom. The molecule has 162 valence electrons. The van der Waals surface area contributed by atoms with Gasteiger partial charge in [0.1, 0.15) is 0 Å². The number of ether oxygens (including phenoxy) is 1. The summed E-state index contributed by atoms with van der Waals surface area (Å²) in [6, 6.07) is 6.96. The quantitative estimate of drug-likeness (QED) is 0.576. The number of phenolic OH excluding ortho intramolecular Hbond substituents is 1. The fourth-order valence-electron chi connectivity index (χ4n) is 3.83. The van der Waals surface area contributed by atoms with E-state index in [0.717, 1.165) is 31.2 Å². The molecule has 31 heavy (non-hydrogen) atoms. The smallest absolute Gasteiger partial charge is 0.267 e. The number of amidine groups is 1. The van der Waals surface area contributed by atoms with Gasteiger partial charge in [-0.25, -0.2) is 4.99 Å². The predicted molar refractivity (Wildman–Crippen MR) is 125 cm³/mol. The molecule has 0 radical (unpaired) electrons. The molecule has 2 aromatic rings. The van der Waals surface area contributed by atoms with Crippen LogP contribution in [-0.2, 0) is 4.79 Å². The van der Waals surface area contributed by atoms with Gasteiger partial charge < -0.3 is 9.84 Å². The summed E-state index contributed by atoms with van der Waals surface area (Å²) in [6.07, 6.45) is 10.4. The van der Waals surface area contributed by atoms with E-state index < -0.39 is 0 Å². The average Bonchev–Trinajstić information content (AvgIpc) is 3.07. The average molecular weight is 458 g/mol. The van der Waals surface area contributed by atoms with Gasteiger partial charge in [0.2, 0.25) is 0 Å². The molecular formula is C23H24ClN3O3S. The van der Waals surface area contributed by atoms with Crippen LogP contribution in [0, 0.1) is 0 Å². The second-order valence-electron chi connectivity index (χ2n) is 7.46. The predicted octanol–water partition coefficient (Wildman–Crippen LogP) is 5.78. The number of hydrogen-bond acceptors (Lipinski definition) is 6. The maximum Gasteiger partial charge on any atom is 0.267 e. The van der Waals surface area contributed by atoms with Gasteiger partial charge in [-0.1, -0.05) is 36.9 Å². The van der Waals surface area contributed by atoms with Crippen molar-refractivity contribution in [2.75, 3.05) is 6.61 Å². The first kappa shape index (κ1) is 21.7. The summed E-state index contributed by atoms with van der Waals surface area (Å²) >= 11 is 7.61. The highest BCUT2D eigenvalue weighted by atomic mass is 35.5. The number of carbonyl (C=O) groups is 1. The van der Waals surface area contributed by atoms with E-state index in [0.29, 0.717) is 33.1 Å². The van der Waals surface area contributed by atoms with Crippen LogP contribution < -0.4 is 4.74 Å². The molecule has 6 nitrogen and oxygen atoms in total. The minimum Gasteiger partial charge on any atom is -0.504 e. The molecule has 0 bridgehead atoms. The Morgan fingerprint density at radius 2 is 2.13 bits per heavy atom. The molecule has 1 N–H and O–H groups in total. The van der Waals surface area contributed by atoms with E-state index in [4.69, 9.17) is 21.3 Å². The summed E-state index contributed by atoms with van der Waals surface area (Å²) in [5.74, 6) is 0.425. The van der Waals surface area contributed by atoms with Crippen LogP contribution in [0.1, 0.15) is 44.6 Å². The van der Waals surface area contributed by atoms with E-state index >= 15 is 0 Å². The number of amides is 1.